The summed E-state index contributed by atoms with van der Waals surface area (Å²) in [6.07, 6.45) is 4.12. The normalized spacial score (nSPS) is 22.5. The summed E-state index contributed by atoms with van der Waals surface area (Å²) in [6, 6.07) is -3.55. The molecule has 2 fully saturated rings. The highest BCUT2D eigenvalue weighted by Gasteiger charge is 2.39. The van der Waals surface area contributed by atoms with Crippen LogP contribution in [0.2, 0.25) is 0 Å². The SMILES string of the molecule is CSCC[C@H](NC(=O)[C@@H]1CCCN1)C(=O)N[C@@H](CC(N)=O)C(=O)N1CCC[C@H]1C(=O)O. The number of carboxylic acids is 1. The molecule has 2 aliphatic heterocycles. The van der Waals surface area contributed by atoms with Crippen LogP contribution in [0.1, 0.15) is 38.5 Å². The lowest BCUT2D eigenvalue weighted by Gasteiger charge is -2.28. The van der Waals surface area contributed by atoms with Crippen molar-refractivity contribution in [2.75, 3.05) is 25.1 Å². The van der Waals surface area contributed by atoms with Crippen LogP contribution < -0.4 is 21.7 Å². The number of amides is 4. The maximum Gasteiger partial charge on any atom is 0.326 e. The Hall–Kier alpha value is -2.34. The summed E-state index contributed by atoms with van der Waals surface area (Å²) >= 11 is 1.50. The van der Waals surface area contributed by atoms with Gasteiger partial charge in [0.15, 0.2) is 0 Å². The fraction of sp³-hybridized carbons (Fsp3) is 0.737. The lowest BCUT2D eigenvalue weighted by Crippen LogP contribution is -2.57. The molecule has 174 valence electrons. The largest absolute Gasteiger partial charge is 0.480 e. The summed E-state index contributed by atoms with van der Waals surface area (Å²) in [4.78, 5) is 62.5. The predicted octanol–water partition coefficient (Wildman–Crippen LogP) is -1.59. The number of carbonyl (C=O) groups is 5. The number of hydrogen-bond donors (Lipinski definition) is 5. The molecule has 0 aromatic carbocycles. The second-order valence-corrected chi connectivity index (χ2v) is 8.74. The van der Waals surface area contributed by atoms with Gasteiger partial charge in [-0.15, -0.1) is 0 Å². The average molecular weight is 458 g/mol. The van der Waals surface area contributed by atoms with E-state index in [9.17, 15) is 29.1 Å². The van der Waals surface area contributed by atoms with Gasteiger partial charge in [0, 0.05) is 6.54 Å². The van der Waals surface area contributed by atoms with E-state index in [1.165, 1.54) is 11.8 Å². The van der Waals surface area contributed by atoms with Gasteiger partial charge in [0.25, 0.3) is 0 Å². The Morgan fingerprint density at radius 1 is 1.16 bits per heavy atom. The number of nitrogens with two attached hydrogens (primary N) is 1. The Morgan fingerprint density at radius 2 is 1.90 bits per heavy atom. The molecule has 6 N–H and O–H groups in total. The summed E-state index contributed by atoms with van der Waals surface area (Å²) in [5.74, 6) is -2.90. The first-order valence-electron chi connectivity index (χ1n) is 10.4. The molecule has 0 saturated carbocycles. The minimum atomic E-state index is -1.29. The third-order valence-corrected chi connectivity index (χ3v) is 6.11. The minimum Gasteiger partial charge on any atom is -0.480 e. The number of thioether (sulfide) groups is 1. The zero-order valence-electron chi connectivity index (χ0n) is 17.6. The van der Waals surface area contributed by atoms with Crippen molar-refractivity contribution in [1.29, 1.82) is 0 Å². The number of hydrogen-bond acceptors (Lipinski definition) is 7. The molecule has 2 heterocycles. The molecule has 0 aliphatic carbocycles. The molecule has 0 bridgehead atoms. The molecule has 31 heavy (non-hydrogen) atoms. The van der Waals surface area contributed by atoms with Gasteiger partial charge in [-0.3, -0.25) is 19.2 Å². The Balaban J connectivity index is 2.10. The van der Waals surface area contributed by atoms with E-state index in [1.807, 2.05) is 6.26 Å². The van der Waals surface area contributed by atoms with Crippen LogP contribution in [0.25, 0.3) is 0 Å². The number of aliphatic carboxylic acids is 1. The van der Waals surface area contributed by atoms with Gasteiger partial charge in [0.2, 0.25) is 23.6 Å². The molecule has 0 radical (unpaired) electrons. The van der Waals surface area contributed by atoms with Crippen LogP contribution in [-0.4, -0.2) is 88.9 Å². The van der Waals surface area contributed by atoms with Crippen molar-refractivity contribution >= 4 is 41.4 Å². The summed E-state index contributed by atoms with van der Waals surface area (Å²) in [5.41, 5.74) is 5.26. The van der Waals surface area contributed by atoms with Crippen molar-refractivity contribution in [2.24, 2.45) is 5.73 Å². The van der Waals surface area contributed by atoms with Gasteiger partial charge in [0.05, 0.1) is 12.5 Å². The molecule has 12 heteroatoms. The lowest BCUT2D eigenvalue weighted by molar-refractivity contribution is -0.149. The van der Waals surface area contributed by atoms with Gasteiger partial charge in [-0.05, 0) is 50.7 Å². The van der Waals surface area contributed by atoms with Crippen molar-refractivity contribution in [3.63, 3.8) is 0 Å². The summed E-state index contributed by atoms with van der Waals surface area (Å²) in [6.45, 7) is 0.955. The monoisotopic (exact) mass is 457 g/mol. The van der Waals surface area contributed by atoms with Crippen LogP contribution >= 0.6 is 11.8 Å². The molecule has 2 saturated heterocycles. The Labute approximate surface area is 185 Å². The quantitative estimate of drug-likeness (QED) is 0.247. The zero-order valence-corrected chi connectivity index (χ0v) is 18.4. The molecule has 4 atom stereocenters. The van der Waals surface area contributed by atoms with E-state index in [0.717, 1.165) is 17.9 Å². The van der Waals surface area contributed by atoms with Crippen LogP contribution in [0.3, 0.4) is 0 Å². The van der Waals surface area contributed by atoms with E-state index in [-0.39, 0.29) is 18.5 Å². The van der Waals surface area contributed by atoms with E-state index >= 15 is 0 Å². The van der Waals surface area contributed by atoms with Crippen LogP contribution in [0.4, 0.5) is 0 Å². The van der Waals surface area contributed by atoms with Crippen molar-refractivity contribution in [1.82, 2.24) is 20.9 Å². The number of nitrogens with one attached hydrogen (secondary N) is 3. The van der Waals surface area contributed by atoms with Crippen molar-refractivity contribution in [3.8, 4) is 0 Å². The highest BCUT2D eigenvalue weighted by atomic mass is 32.2. The maximum atomic E-state index is 12.9. The highest BCUT2D eigenvalue weighted by molar-refractivity contribution is 7.98. The number of nitrogens with zero attached hydrogens (tertiary/aromatic N) is 1. The first kappa shape index (κ1) is 24.9. The van der Waals surface area contributed by atoms with Gasteiger partial charge in [-0.2, -0.15) is 11.8 Å². The third-order valence-electron chi connectivity index (χ3n) is 5.46. The molecular formula is C19H31N5O6S. The van der Waals surface area contributed by atoms with Gasteiger partial charge < -0.3 is 31.7 Å². The number of carbonyl (C=O) groups excluding carboxylic acids is 4. The Kier molecular flexibility index (Phi) is 9.56. The number of carboxylic acid groups (broad SMARTS) is 1. The highest BCUT2D eigenvalue weighted by Crippen LogP contribution is 2.19. The van der Waals surface area contributed by atoms with E-state index in [1.54, 1.807) is 0 Å². The number of primary amides is 1. The third kappa shape index (κ3) is 7.10. The van der Waals surface area contributed by atoms with Crippen molar-refractivity contribution in [3.05, 3.63) is 0 Å². The summed E-state index contributed by atoms with van der Waals surface area (Å²) < 4.78 is 0. The zero-order chi connectivity index (χ0) is 23.0. The van der Waals surface area contributed by atoms with E-state index in [0.29, 0.717) is 31.4 Å². The number of likely N-dealkylation sites (tertiary alicyclic amines) is 1. The lowest BCUT2D eigenvalue weighted by atomic mass is 10.1. The predicted molar refractivity (Wildman–Crippen MR) is 114 cm³/mol. The van der Waals surface area contributed by atoms with E-state index < -0.39 is 48.2 Å². The molecule has 2 rings (SSSR count). The van der Waals surface area contributed by atoms with Gasteiger partial charge in [-0.25, -0.2) is 4.79 Å². The van der Waals surface area contributed by atoms with E-state index in [2.05, 4.69) is 16.0 Å². The average Bonchev–Trinajstić information content (AvgIpc) is 3.41. The molecule has 0 unspecified atom stereocenters. The fourth-order valence-corrected chi connectivity index (χ4v) is 4.32. The molecule has 4 amide bonds. The molecule has 0 aromatic rings. The van der Waals surface area contributed by atoms with Gasteiger partial charge in [-0.1, -0.05) is 0 Å². The smallest absolute Gasteiger partial charge is 0.326 e. The van der Waals surface area contributed by atoms with Crippen LogP contribution in [-0.2, 0) is 24.0 Å². The second-order valence-electron chi connectivity index (χ2n) is 7.75. The van der Waals surface area contributed by atoms with Crippen molar-refractivity contribution < 1.29 is 29.1 Å². The van der Waals surface area contributed by atoms with E-state index in [4.69, 9.17) is 5.73 Å². The van der Waals surface area contributed by atoms with Crippen LogP contribution in [0.5, 0.6) is 0 Å². The molecule has 11 nitrogen and oxygen atoms in total. The molecule has 2 aliphatic rings. The van der Waals surface area contributed by atoms with Crippen molar-refractivity contribution in [2.45, 2.75) is 62.7 Å². The molecular weight excluding hydrogens is 426 g/mol. The second kappa shape index (κ2) is 11.9. The standard InChI is InChI=1S/C19H31N5O6S/c1-31-9-6-12(22-16(26)11-4-2-7-21-11)17(27)23-13(10-15(20)25)18(28)24-8-3-5-14(24)19(29)30/h11-14,21H,2-10H2,1H3,(H2,20,25)(H,22,26)(H,23,27)(H,29,30)/t11-,12-,13-,14-/m0/s1. The first-order chi connectivity index (χ1) is 14.7. The summed E-state index contributed by atoms with van der Waals surface area (Å²) in [5, 5.41) is 17.7. The summed E-state index contributed by atoms with van der Waals surface area (Å²) in [7, 11) is 0. The maximum absolute atomic E-state index is 12.9. The van der Waals surface area contributed by atoms with Gasteiger partial charge in [0.1, 0.15) is 18.1 Å². The Bertz CT molecular complexity index is 699. The first-order valence-corrected chi connectivity index (χ1v) is 11.8. The minimum absolute atomic E-state index is 0.223. The molecule has 0 spiro atoms. The molecule has 0 aromatic heterocycles. The van der Waals surface area contributed by atoms with Gasteiger partial charge >= 0.3 is 5.97 Å². The van der Waals surface area contributed by atoms with Crippen LogP contribution in [0.15, 0.2) is 0 Å². The van der Waals surface area contributed by atoms with Crippen LogP contribution in [0, 0.1) is 0 Å². The fourth-order valence-electron chi connectivity index (χ4n) is 3.85. The Morgan fingerprint density at radius 3 is 2.48 bits per heavy atom. The number of rotatable bonds is 11. The topological polar surface area (TPSA) is 171 Å².